The molecule has 0 aliphatic carbocycles. The van der Waals surface area contributed by atoms with E-state index in [0.29, 0.717) is 30.0 Å². The molecule has 5 heteroatoms. The van der Waals surface area contributed by atoms with E-state index in [4.69, 9.17) is 16.3 Å². The van der Waals surface area contributed by atoms with Crippen LogP contribution in [-0.4, -0.2) is 24.5 Å². The number of hydrogen-bond acceptors (Lipinski definition) is 2. The van der Waals surface area contributed by atoms with Crippen LogP contribution in [0.1, 0.15) is 24.5 Å². The maximum Gasteiger partial charge on any atom is 0.222 e. The van der Waals surface area contributed by atoms with Crippen LogP contribution < -0.4 is 4.74 Å². The van der Waals surface area contributed by atoms with Crippen molar-refractivity contribution in [1.29, 1.82) is 0 Å². The number of carbonyl (C=O) groups is 1. The van der Waals surface area contributed by atoms with E-state index in [2.05, 4.69) is 0 Å². The van der Waals surface area contributed by atoms with Gasteiger partial charge in [-0.15, -0.1) is 0 Å². The molecule has 0 unspecified atom stereocenters. The predicted molar refractivity (Wildman–Crippen MR) is 93.8 cm³/mol. The fourth-order valence-corrected chi connectivity index (χ4v) is 2.67. The molecular formula is C19H21ClFNO2. The maximum atomic E-state index is 13.8. The van der Waals surface area contributed by atoms with Crippen LogP contribution in [0.3, 0.4) is 0 Å². The molecule has 1 amide bonds. The van der Waals surface area contributed by atoms with E-state index < -0.39 is 5.82 Å². The van der Waals surface area contributed by atoms with E-state index in [1.807, 2.05) is 31.2 Å². The minimum atomic E-state index is -0.399. The first kappa shape index (κ1) is 18.3. The van der Waals surface area contributed by atoms with E-state index >= 15 is 0 Å². The molecule has 2 rings (SSSR count). The number of para-hydroxylation sites is 1. The number of aryl methyl sites for hydroxylation is 1. The van der Waals surface area contributed by atoms with Crippen LogP contribution in [0.5, 0.6) is 5.75 Å². The molecule has 0 saturated heterocycles. The number of rotatable bonds is 7. The van der Waals surface area contributed by atoms with Gasteiger partial charge in [0, 0.05) is 30.6 Å². The van der Waals surface area contributed by atoms with Crippen molar-refractivity contribution >= 4 is 17.5 Å². The molecular weight excluding hydrogens is 329 g/mol. The molecule has 0 atom stereocenters. The van der Waals surface area contributed by atoms with Gasteiger partial charge in [-0.3, -0.25) is 4.79 Å². The molecule has 0 radical (unpaired) electrons. The molecule has 0 fully saturated rings. The smallest absolute Gasteiger partial charge is 0.222 e. The molecule has 0 heterocycles. The molecule has 24 heavy (non-hydrogen) atoms. The third kappa shape index (κ3) is 4.71. The van der Waals surface area contributed by atoms with Crippen molar-refractivity contribution in [2.45, 2.75) is 26.3 Å². The van der Waals surface area contributed by atoms with Gasteiger partial charge in [-0.2, -0.15) is 0 Å². The number of ether oxygens (including phenoxy) is 1. The molecule has 2 aromatic carbocycles. The SMILES string of the molecule is CCOc1ccccc1CCC(=O)N(C)Cc1c(F)cccc1Cl. The van der Waals surface area contributed by atoms with E-state index in [9.17, 15) is 9.18 Å². The normalized spacial score (nSPS) is 10.5. The van der Waals surface area contributed by atoms with Crippen LogP contribution in [0, 0.1) is 5.82 Å². The van der Waals surface area contributed by atoms with E-state index in [1.54, 1.807) is 19.2 Å². The Morgan fingerprint density at radius 2 is 1.96 bits per heavy atom. The zero-order valence-corrected chi connectivity index (χ0v) is 14.6. The van der Waals surface area contributed by atoms with Crippen molar-refractivity contribution in [2.24, 2.45) is 0 Å². The Bertz CT molecular complexity index is 685. The van der Waals surface area contributed by atoms with Crippen molar-refractivity contribution in [3.8, 4) is 5.75 Å². The molecule has 0 aliphatic heterocycles. The van der Waals surface area contributed by atoms with Crippen LogP contribution in [0.15, 0.2) is 42.5 Å². The van der Waals surface area contributed by atoms with Gasteiger partial charge < -0.3 is 9.64 Å². The van der Waals surface area contributed by atoms with Gasteiger partial charge in [0.25, 0.3) is 0 Å². The molecule has 0 N–H and O–H groups in total. The summed E-state index contributed by atoms with van der Waals surface area (Å²) >= 11 is 6.01. The van der Waals surface area contributed by atoms with Gasteiger partial charge in [-0.1, -0.05) is 35.9 Å². The molecule has 0 bridgehead atoms. The van der Waals surface area contributed by atoms with Gasteiger partial charge in [0.15, 0.2) is 0 Å². The Kier molecular flexibility index (Phi) is 6.62. The van der Waals surface area contributed by atoms with Gasteiger partial charge in [-0.25, -0.2) is 4.39 Å². The summed E-state index contributed by atoms with van der Waals surface area (Å²) in [5, 5.41) is 0.330. The number of amides is 1. The molecule has 2 aromatic rings. The van der Waals surface area contributed by atoms with Gasteiger partial charge in [0.2, 0.25) is 5.91 Å². The van der Waals surface area contributed by atoms with Crippen LogP contribution in [0.4, 0.5) is 4.39 Å². The second kappa shape index (κ2) is 8.69. The monoisotopic (exact) mass is 349 g/mol. The van der Waals surface area contributed by atoms with Crippen LogP contribution in [0.25, 0.3) is 0 Å². The highest BCUT2D eigenvalue weighted by atomic mass is 35.5. The first-order valence-electron chi connectivity index (χ1n) is 7.90. The first-order chi connectivity index (χ1) is 11.5. The number of hydrogen-bond donors (Lipinski definition) is 0. The van der Waals surface area contributed by atoms with Crippen LogP contribution in [-0.2, 0) is 17.8 Å². The summed E-state index contributed by atoms with van der Waals surface area (Å²) in [4.78, 5) is 13.8. The van der Waals surface area contributed by atoms with E-state index in [0.717, 1.165) is 11.3 Å². The molecule has 128 valence electrons. The highest BCUT2D eigenvalue weighted by Crippen LogP contribution is 2.22. The lowest BCUT2D eigenvalue weighted by molar-refractivity contribution is -0.130. The first-order valence-corrected chi connectivity index (χ1v) is 8.28. The van der Waals surface area contributed by atoms with Gasteiger partial charge >= 0.3 is 0 Å². The summed E-state index contributed by atoms with van der Waals surface area (Å²) in [6.07, 6.45) is 0.900. The Balaban J connectivity index is 1.97. The van der Waals surface area contributed by atoms with Gasteiger partial charge in [0.1, 0.15) is 11.6 Å². The Labute approximate surface area is 147 Å². The summed E-state index contributed by atoms with van der Waals surface area (Å²) in [5.74, 6) is 0.331. The molecule has 0 aromatic heterocycles. The standard InChI is InChI=1S/C19H21ClFNO2/c1-3-24-18-10-5-4-7-14(18)11-12-19(23)22(2)13-15-16(20)8-6-9-17(15)21/h4-10H,3,11-13H2,1-2H3. The van der Waals surface area contributed by atoms with Crippen molar-refractivity contribution in [3.05, 3.63) is 64.4 Å². The minimum Gasteiger partial charge on any atom is -0.494 e. The van der Waals surface area contributed by atoms with Crippen molar-refractivity contribution in [2.75, 3.05) is 13.7 Å². The van der Waals surface area contributed by atoms with Gasteiger partial charge in [-0.05, 0) is 37.1 Å². The van der Waals surface area contributed by atoms with Crippen molar-refractivity contribution in [1.82, 2.24) is 4.90 Å². The number of carbonyl (C=O) groups excluding carboxylic acids is 1. The largest absolute Gasteiger partial charge is 0.494 e. The second-order valence-electron chi connectivity index (χ2n) is 5.49. The number of halogens is 2. The number of benzene rings is 2. The fraction of sp³-hybridized carbons (Fsp3) is 0.316. The van der Waals surface area contributed by atoms with Crippen LogP contribution in [0.2, 0.25) is 5.02 Å². The third-order valence-corrected chi connectivity index (χ3v) is 4.12. The van der Waals surface area contributed by atoms with E-state index in [-0.39, 0.29) is 12.5 Å². The van der Waals surface area contributed by atoms with E-state index in [1.165, 1.54) is 11.0 Å². The molecule has 0 saturated carbocycles. The molecule has 0 spiro atoms. The summed E-state index contributed by atoms with van der Waals surface area (Å²) in [5.41, 5.74) is 1.33. The summed E-state index contributed by atoms with van der Waals surface area (Å²) in [6, 6.07) is 12.2. The minimum absolute atomic E-state index is 0.0689. The average molecular weight is 350 g/mol. The quantitative estimate of drug-likeness (QED) is 0.738. The summed E-state index contributed by atoms with van der Waals surface area (Å²) < 4.78 is 19.4. The lowest BCUT2D eigenvalue weighted by atomic mass is 10.1. The second-order valence-corrected chi connectivity index (χ2v) is 5.90. The predicted octanol–water partition coefficient (Wildman–Crippen LogP) is 4.47. The lowest BCUT2D eigenvalue weighted by Gasteiger charge is -2.19. The zero-order valence-electron chi connectivity index (χ0n) is 13.9. The molecule has 3 nitrogen and oxygen atoms in total. The lowest BCUT2D eigenvalue weighted by Crippen LogP contribution is -2.27. The van der Waals surface area contributed by atoms with Crippen LogP contribution >= 0.6 is 11.6 Å². The van der Waals surface area contributed by atoms with Gasteiger partial charge in [0.05, 0.1) is 6.61 Å². The number of nitrogens with zero attached hydrogens (tertiary/aromatic N) is 1. The van der Waals surface area contributed by atoms with Crippen molar-refractivity contribution < 1.29 is 13.9 Å². The summed E-state index contributed by atoms with van der Waals surface area (Å²) in [7, 11) is 1.65. The zero-order chi connectivity index (χ0) is 17.5. The Morgan fingerprint density at radius 3 is 2.67 bits per heavy atom. The highest BCUT2D eigenvalue weighted by molar-refractivity contribution is 6.31. The molecule has 0 aliphatic rings. The fourth-order valence-electron chi connectivity index (χ4n) is 2.45. The Morgan fingerprint density at radius 1 is 1.21 bits per heavy atom. The topological polar surface area (TPSA) is 29.5 Å². The maximum absolute atomic E-state index is 13.8. The highest BCUT2D eigenvalue weighted by Gasteiger charge is 2.15. The Hall–Kier alpha value is -2.07. The van der Waals surface area contributed by atoms with Crippen molar-refractivity contribution in [3.63, 3.8) is 0 Å². The third-order valence-electron chi connectivity index (χ3n) is 3.76. The average Bonchev–Trinajstić information content (AvgIpc) is 2.57. The summed E-state index contributed by atoms with van der Waals surface area (Å²) in [6.45, 7) is 2.65.